The molecule has 0 unspecified atom stereocenters. The maximum absolute atomic E-state index is 12.3. The van der Waals surface area contributed by atoms with Crippen LogP contribution in [0.25, 0.3) is 0 Å². The van der Waals surface area contributed by atoms with Crippen molar-refractivity contribution in [2.24, 2.45) is 11.8 Å². The van der Waals surface area contributed by atoms with Crippen LogP contribution in [0.3, 0.4) is 0 Å². The van der Waals surface area contributed by atoms with E-state index in [1.165, 1.54) is 0 Å². The van der Waals surface area contributed by atoms with Gasteiger partial charge in [-0.25, -0.2) is 0 Å². The van der Waals surface area contributed by atoms with E-state index in [9.17, 15) is 14.4 Å². The Morgan fingerprint density at radius 2 is 1.83 bits per heavy atom. The fourth-order valence-corrected chi connectivity index (χ4v) is 3.72. The second-order valence-corrected chi connectivity index (χ2v) is 6.70. The minimum Gasteiger partial charge on any atom is -0.323 e. The molecule has 1 aliphatic heterocycles. The summed E-state index contributed by atoms with van der Waals surface area (Å²) in [4.78, 5) is 38.0. The van der Waals surface area contributed by atoms with Crippen LogP contribution >= 0.6 is 11.6 Å². The highest BCUT2D eigenvalue weighted by Crippen LogP contribution is 2.37. The van der Waals surface area contributed by atoms with Crippen molar-refractivity contribution in [3.8, 4) is 0 Å². The first-order valence-electron chi connectivity index (χ1n) is 7.88. The number of nitrogens with one attached hydrogen (secondary N) is 1. The topological polar surface area (TPSA) is 66.5 Å². The maximum Gasteiger partial charge on any atom is 0.244 e. The molecule has 6 heteroatoms. The second-order valence-electron chi connectivity index (χ2n) is 6.29. The van der Waals surface area contributed by atoms with Crippen molar-refractivity contribution in [2.45, 2.75) is 32.6 Å². The molecule has 5 nitrogen and oxygen atoms in total. The number of likely N-dealkylation sites (tertiary alicyclic amines) is 1. The van der Waals surface area contributed by atoms with E-state index in [2.05, 4.69) is 5.32 Å². The van der Waals surface area contributed by atoms with Crippen LogP contribution in [0.1, 0.15) is 31.2 Å². The Balaban J connectivity index is 1.68. The SMILES string of the molecule is Cc1ccc(NC(=O)CN2C(=O)[C@H]3CCCC[C@@H]3C2=O)c(Cl)c1. The highest BCUT2D eigenvalue weighted by Gasteiger charge is 2.48. The van der Waals surface area contributed by atoms with Crippen molar-refractivity contribution in [1.29, 1.82) is 0 Å². The summed E-state index contributed by atoms with van der Waals surface area (Å²) in [6, 6.07) is 5.29. The molecule has 0 bridgehead atoms. The Bertz CT molecular complexity index is 650. The third kappa shape index (κ3) is 3.11. The zero-order chi connectivity index (χ0) is 16.6. The molecule has 1 heterocycles. The number of hydrogen-bond donors (Lipinski definition) is 1. The van der Waals surface area contributed by atoms with E-state index in [4.69, 9.17) is 11.6 Å². The Labute approximate surface area is 140 Å². The monoisotopic (exact) mass is 334 g/mol. The summed E-state index contributed by atoms with van der Waals surface area (Å²) in [5.74, 6) is -1.27. The van der Waals surface area contributed by atoms with Crippen molar-refractivity contribution in [3.63, 3.8) is 0 Å². The molecule has 2 aliphatic rings. The van der Waals surface area contributed by atoms with Crippen LogP contribution in [0.5, 0.6) is 0 Å². The fraction of sp³-hybridized carbons (Fsp3) is 0.471. The lowest BCUT2D eigenvalue weighted by molar-refractivity contribution is -0.142. The minimum absolute atomic E-state index is 0.204. The third-order valence-electron chi connectivity index (χ3n) is 4.63. The van der Waals surface area contributed by atoms with Gasteiger partial charge in [-0.2, -0.15) is 0 Å². The molecule has 2 atom stereocenters. The van der Waals surface area contributed by atoms with Gasteiger partial charge < -0.3 is 5.32 Å². The van der Waals surface area contributed by atoms with Gasteiger partial charge in [0.25, 0.3) is 0 Å². The standard InChI is InChI=1S/C17H19ClN2O3/c1-10-6-7-14(13(18)8-10)19-15(21)9-20-16(22)11-4-2-3-5-12(11)17(20)23/h6-8,11-12H,2-5,9H2,1H3,(H,19,21)/t11-,12-/m0/s1. The molecule has 1 aromatic carbocycles. The van der Waals surface area contributed by atoms with Crippen molar-refractivity contribution in [1.82, 2.24) is 4.90 Å². The zero-order valence-corrected chi connectivity index (χ0v) is 13.7. The average molecular weight is 335 g/mol. The minimum atomic E-state index is -0.406. The molecule has 0 aromatic heterocycles. The zero-order valence-electron chi connectivity index (χ0n) is 13.0. The van der Waals surface area contributed by atoms with Crippen LogP contribution in [0.4, 0.5) is 5.69 Å². The van der Waals surface area contributed by atoms with E-state index in [1.54, 1.807) is 12.1 Å². The summed E-state index contributed by atoms with van der Waals surface area (Å²) < 4.78 is 0. The van der Waals surface area contributed by atoms with E-state index in [1.807, 2.05) is 13.0 Å². The van der Waals surface area contributed by atoms with Crippen molar-refractivity contribution in [3.05, 3.63) is 28.8 Å². The fourth-order valence-electron chi connectivity index (χ4n) is 3.44. The highest BCUT2D eigenvalue weighted by molar-refractivity contribution is 6.33. The van der Waals surface area contributed by atoms with Gasteiger partial charge in [0.1, 0.15) is 6.54 Å². The van der Waals surface area contributed by atoms with E-state index in [-0.39, 0.29) is 30.2 Å². The van der Waals surface area contributed by atoms with Crippen LogP contribution in [0.15, 0.2) is 18.2 Å². The summed E-state index contributed by atoms with van der Waals surface area (Å²) in [5, 5.41) is 3.11. The lowest BCUT2D eigenvalue weighted by Crippen LogP contribution is -2.38. The van der Waals surface area contributed by atoms with Crippen molar-refractivity contribution < 1.29 is 14.4 Å². The first-order chi connectivity index (χ1) is 11.0. The Morgan fingerprint density at radius 3 is 2.39 bits per heavy atom. The first kappa shape index (κ1) is 16.0. The Morgan fingerprint density at radius 1 is 1.22 bits per heavy atom. The molecule has 0 radical (unpaired) electrons. The number of carbonyl (C=O) groups is 3. The van der Waals surface area contributed by atoms with Crippen LogP contribution < -0.4 is 5.32 Å². The number of aryl methyl sites for hydroxylation is 1. The van der Waals surface area contributed by atoms with Crippen molar-refractivity contribution >= 4 is 35.0 Å². The van der Waals surface area contributed by atoms with Crippen LogP contribution in [0, 0.1) is 18.8 Å². The number of hydrogen-bond acceptors (Lipinski definition) is 3. The molecule has 1 N–H and O–H groups in total. The lowest BCUT2D eigenvalue weighted by Gasteiger charge is -2.19. The van der Waals surface area contributed by atoms with Gasteiger partial charge in [-0.05, 0) is 37.5 Å². The molecule has 0 spiro atoms. The molecular formula is C17H19ClN2O3. The number of halogens is 1. The molecule has 1 saturated heterocycles. The largest absolute Gasteiger partial charge is 0.323 e. The third-order valence-corrected chi connectivity index (χ3v) is 4.95. The average Bonchev–Trinajstić information content (AvgIpc) is 2.76. The smallest absolute Gasteiger partial charge is 0.244 e. The summed E-state index contributed by atoms with van der Waals surface area (Å²) in [6.07, 6.45) is 3.44. The number of anilines is 1. The Hall–Kier alpha value is -1.88. The van der Waals surface area contributed by atoms with E-state index >= 15 is 0 Å². The number of benzene rings is 1. The molecule has 3 rings (SSSR count). The molecule has 1 aromatic rings. The summed E-state index contributed by atoms with van der Waals surface area (Å²) >= 11 is 6.08. The Kier molecular flexibility index (Phi) is 4.39. The van der Waals surface area contributed by atoms with Crippen LogP contribution in [-0.4, -0.2) is 29.2 Å². The summed E-state index contributed by atoms with van der Waals surface area (Å²) in [6.45, 7) is 1.66. The van der Waals surface area contributed by atoms with Gasteiger partial charge >= 0.3 is 0 Å². The van der Waals surface area contributed by atoms with Gasteiger partial charge in [0.15, 0.2) is 0 Å². The lowest BCUT2D eigenvalue weighted by atomic mass is 9.81. The van der Waals surface area contributed by atoms with Crippen LogP contribution in [-0.2, 0) is 14.4 Å². The number of rotatable bonds is 3. The van der Waals surface area contributed by atoms with E-state index < -0.39 is 5.91 Å². The van der Waals surface area contributed by atoms with Crippen molar-refractivity contribution in [2.75, 3.05) is 11.9 Å². The van der Waals surface area contributed by atoms with Crippen LogP contribution in [0.2, 0.25) is 5.02 Å². The van der Waals surface area contributed by atoms with E-state index in [0.717, 1.165) is 36.1 Å². The van der Waals surface area contributed by atoms with E-state index in [0.29, 0.717) is 10.7 Å². The van der Waals surface area contributed by atoms with Gasteiger partial charge in [-0.3, -0.25) is 19.3 Å². The van der Waals surface area contributed by atoms with Gasteiger partial charge in [0.2, 0.25) is 17.7 Å². The van der Waals surface area contributed by atoms with Gasteiger partial charge in [-0.15, -0.1) is 0 Å². The molecule has 23 heavy (non-hydrogen) atoms. The predicted octanol–water partition coefficient (Wildman–Crippen LogP) is 2.76. The number of imide groups is 1. The van der Waals surface area contributed by atoms with Gasteiger partial charge in [-0.1, -0.05) is 30.5 Å². The molecule has 1 saturated carbocycles. The molecular weight excluding hydrogens is 316 g/mol. The first-order valence-corrected chi connectivity index (χ1v) is 8.26. The number of fused-ring (bicyclic) bond motifs is 1. The number of amides is 3. The molecule has 2 fully saturated rings. The molecule has 122 valence electrons. The van der Waals surface area contributed by atoms with Gasteiger partial charge in [0, 0.05) is 0 Å². The summed E-state index contributed by atoms with van der Waals surface area (Å²) in [5.41, 5.74) is 1.47. The summed E-state index contributed by atoms with van der Waals surface area (Å²) in [7, 11) is 0. The second kappa shape index (κ2) is 6.32. The van der Waals surface area contributed by atoms with Gasteiger partial charge in [0.05, 0.1) is 22.5 Å². The number of nitrogens with zero attached hydrogens (tertiary/aromatic N) is 1. The normalized spacial score (nSPS) is 23.8. The highest BCUT2D eigenvalue weighted by atomic mass is 35.5. The molecule has 1 aliphatic carbocycles. The molecule has 3 amide bonds. The quantitative estimate of drug-likeness (QED) is 0.864. The predicted molar refractivity (Wildman–Crippen MR) is 87.0 cm³/mol. The maximum atomic E-state index is 12.3. The number of carbonyl (C=O) groups excluding carboxylic acids is 3.